The van der Waals surface area contributed by atoms with Crippen molar-refractivity contribution in [2.45, 2.75) is 57.7 Å². The highest BCUT2D eigenvalue weighted by molar-refractivity contribution is 6.32. The van der Waals surface area contributed by atoms with Crippen LogP contribution in [0.15, 0.2) is 24.4 Å². The van der Waals surface area contributed by atoms with E-state index >= 15 is 0 Å². The van der Waals surface area contributed by atoms with Gasteiger partial charge in [-0.2, -0.15) is 0 Å². The number of carbonyl (C=O) groups is 2. The molecule has 0 atom stereocenters. The van der Waals surface area contributed by atoms with Crippen molar-refractivity contribution in [1.29, 1.82) is 0 Å². The summed E-state index contributed by atoms with van der Waals surface area (Å²) in [6, 6.07) is 5.87. The molecule has 0 unspecified atom stereocenters. The monoisotopic (exact) mass is 513 g/mol. The molecule has 4 rings (SSSR count). The first-order valence-electron chi connectivity index (χ1n) is 12.6. The van der Waals surface area contributed by atoms with Crippen molar-refractivity contribution in [3.63, 3.8) is 0 Å². The zero-order chi connectivity index (χ0) is 25.9. The molecule has 8 nitrogen and oxygen atoms in total. The van der Waals surface area contributed by atoms with Crippen LogP contribution in [0, 0.1) is 5.92 Å². The van der Waals surface area contributed by atoms with Crippen molar-refractivity contribution in [2.75, 3.05) is 39.2 Å². The molecule has 0 radical (unpaired) electrons. The molecular formula is C27H36ClN5O3. The van der Waals surface area contributed by atoms with Crippen LogP contribution in [0.3, 0.4) is 0 Å². The Morgan fingerprint density at radius 1 is 1.22 bits per heavy atom. The number of nitrogens with zero attached hydrogens (tertiary/aromatic N) is 4. The van der Waals surface area contributed by atoms with Gasteiger partial charge in [0, 0.05) is 49.5 Å². The molecule has 1 saturated heterocycles. The van der Waals surface area contributed by atoms with E-state index in [9.17, 15) is 9.59 Å². The minimum Gasteiger partial charge on any atom is -0.381 e. The van der Waals surface area contributed by atoms with Gasteiger partial charge in [-0.3, -0.25) is 14.5 Å². The van der Waals surface area contributed by atoms with E-state index < -0.39 is 0 Å². The van der Waals surface area contributed by atoms with Gasteiger partial charge in [0.1, 0.15) is 6.29 Å². The number of carbonyl (C=O) groups excluding carboxylic acids is 2. The highest BCUT2D eigenvalue weighted by Gasteiger charge is 2.42. The molecule has 1 aromatic heterocycles. The van der Waals surface area contributed by atoms with Gasteiger partial charge in [0.15, 0.2) is 0 Å². The zero-order valence-electron chi connectivity index (χ0n) is 21.6. The summed E-state index contributed by atoms with van der Waals surface area (Å²) in [5.74, 6) is 1.16. The van der Waals surface area contributed by atoms with Gasteiger partial charge in [-0.25, -0.2) is 9.97 Å². The van der Waals surface area contributed by atoms with Crippen molar-refractivity contribution >= 4 is 29.7 Å². The molecule has 2 heterocycles. The van der Waals surface area contributed by atoms with Crippen LogP contribution in [-0.4, -0.2) is 77.4 Å². The molecule has 1 aliphatic heterocycles. The lowest BCUT2D eigenvalue weighted by Gasteiger charge is -2.37. The van der Waals surface area contributed by atoms with Crippen molar-refractivity contribution < 1.29 is 14.3 Å². The molecule has 2 aliphatic rings. The quantitative estimate of drug-likeness (QED) is 0.474. The molecule has 1 saturated carbocycles. The van der Waals surface area contributed by atoms with Crippen LogP contribution in [0.4, 0.5) is 5.95 Å². The number of anilines is 1. The number of aldehydes is 1. The molecule has 1 aromatic carbocycles. The van der Waals surface area contributed by atoms with E-state index in [1.165, 1.54) is 12.8 Å². The highest BCUT2D eigenvalue weighted by Crippen LogP contribution is 2.42. The second-order valence-corrected chi connectivity index (χ2v) is 10.9. The Morgan fingerprint density at radius 3 is 2.61 bits per heavy atom. The number of benzene rings is 1. The first-order chi connectivity index (χ1) is 17.2. The number of aromatic nitrogens is 2. The predicted octanol–water partition coefficient (Wildman–Crippen LogP) is 4.28. The molecule has 9 heteroatoms. The minimum atomic E-state index is -0.136. The molecule has 1 amide bonds. The lowest BCUT2D eigenvalue weighted by molar-refractivity contribution is -0.136. The van der Waals surface area contributed by atoms with Crippen molar-refractivity contribution in [1.82, 2.24) is 19.8 Å². The van der Waals surface area contributed by atoms with Crippen LogP contribution in [0.1, 0.15) is 55.5 Å². The SMILES string of the molecule is CN(CC(=O)N(C)C(C)(C)C1CC1)Cc1ccc(-c2nc(NC3CCOCC3)ncc2Cl)cc1C=O. The third-order valence-electron chi connectivity index (χ3n) is 7.51. The summed E-state index contributed by atoms with van der Waals surface area (Å²) in [6.07, 6.45) is 6.58. The molecule has 36 heavy (non-hydrogen) atoms. The number of likely N-dealkylation sites (N-methyl/N-ethyl adjacent to an activating group) is 2. The second-order valence-electron chi connectivity index (χ2n) is 10.5. The second kappa shape index (κ2) is 11.2. The smallest absolute Gasteiger partial charge is 0.236 e. The molecular weight excluding hydrogens is 478 g/mol. The summed E-state index contributed by atoms with van der Waals surface area (Å²) in [7, 11) is 3.78. The number of nitrogens with one attached hydrogen (secondary N) is 1. The Hall–Kier alpha value is -2.55. The largest absolute Gasteiger partial charge is 0.381 e. The van der Waals surface area contributed by atoms with Crippen molar-refractivity contribution in [2.24, 2.45) is 5.92 Å². The number of hydrogen-bond acceptors (Lipinski definition) is 7. The molecule has 0 spiro atoms. The fourth-order valence-corrected chi connectivity index (χ4v) is 4.93. The summed E-state index contributed by atoms with van der Waals surface area (Å²) in [5, 5.41) is 3.78. The van der Waals surface area contributed by atoms with Gasteiger partial charge in [-0.15, -0.1) is 0 Å². The van der Waals surface area contributed by atoms with Crippen LogP contribution in [0.25, 0.3) is 11.3 Å². The first-order valence-corrected chi connectivity index (χ1v) is 13.0. The maximum absolute atomic E-state index is 12.9. The summed E-state index contributed by atoms with van der Waals surface area (Å²) in [6.45, 7) is 6.47. The molecule has 1 aliphatic carbocycles. The van der Waals surface area contributed by atoms with Crippen LogP contribution in [0.2, 0.25) is 5.02 Å². The van der Waals surface area contributed by atoms with Crippen molar-refractivity contribution in [3.05, 3.63) is 40.5 Å². The lowest BCUT2D eigenvalue weighted by Crippen LogP contribution is -2.49. The third kappa shape index (κ3) is 6.22. The van der Waals surface area contributed by atoms with Gasteiger partial charge in [0.05, 0.1) is 23.5 Å². The van der Waals surface area contributed by atoms with Crippen LogP contribution in [-0.2, 0) is 16.1 Å². The summed E-state index contributed by atoms with van der Waals surface area (Å²) >= 11 is 6.43. The average Bonchev–Trinajstić information content (AvgIpc) is 3.72. The van der Waals surface area contributed by atoms with E-state index in [0.717, 1.165) is 43.5 Å². The average molecular weight is 514 g/mol. The molecule has 2 aromatic rings. The molecule has 0 bridgehead atoms. The third-order valence-corrected chi connectivity index (χ3v) is 7.78. The Morgan fingerprint density at radius 2 is 1.94 bits per heavy atom. The Bertz CT molecular complexity index is 1100. The maximum atomic E-state index is 12.9. The summed E-state index contributed by atoms with van der Waals surface area (Å²) in [4.78, 5) is 37.6. The fraction of sp³-hybridized carbons (Fsp3) is 0.556. The van der Waals surface area contributed by atoms with Gasteiger partial charge in [0.25, 0.3) is 0 Å². The maximum Gasteiger partial charge on any atom is 0.236 e. The number of halogens is 1. The van der Waals surface area contributed by atoms with Gasteiger partial charge in [0.2, 0.25) is 11.9 Å². The van der Waals surface area contributed by atoms with E-state index in [-0.39, 0.29) is 24.0 Å². The van der Waals surface area contributed by atoms with E-state index in [4.69, 9.17) is 16.3 Å². The lowest BCUT2D eigenvalue weighted by atomic mass is 9.96. The van der Waals surface area contributed by atoms with Gasteiger partial charge >= 0.3 is 0 Å². The highest BCUT2D eigenvalue weighted by atomic mass is 35.5. The standard InChI is InChI=1S/C27H36ClN5O3/c1-27(2,21-7-8-21)33(4)24(35)16-32(3)15-19-6-5-18(13-20(19)17-34)25-23(28)14-29-26(31-25)30-22-9-11-36-12-10-22/h5-6,13-14,17,21-22H,7-12,15-16H2,1-4H3,(H,29,30,31). The number of hydrogen-bond donors (Lipinski definition) is 1. The molecule has 194 valence electrons. The number of amides is 1. The Labute approximate surface area is 218 Å². The zero-order valence-corrected chi connectivity index (χ0v) is 22.3. The minimum absolute atomic E-state index is 0.0796. The van der Waals surface area contributed by atoms with Gasteiger partial charge in [-0.1, -0.05) is 23.7 Å². The topological polar surface area (TPSA) is 87.7 Å². The van der Waals surface area contributed by atoms with Gasteiger partial charge in [-0.05, 0) is 64.1 Å². The van der Waals surface area contributed by atoms with E-state index in [2.05, 4.69) is 29.1 Å². The Kier molecular flexibility index (Phi) is 8.27. The first kappa shape index (κ1) is 26.5. The van der Waals surface area contributed by atoms with Crippen LogP contribution < -0.4 is 5.32 Å². The van der Waals surface area contributed by atoms with Gasteiger partial charge < -0.3 is 15.0 Å². The fourth-order valence-electron chi connectivity index (χ4n) is 4.73. The molecule has 2 fully saturated rings. The summed E-state index contributed by atoms with van der Waals surface area (Å²) in [5.41, 5.74) is 2.57. The van der Waals surface area contributed by atoms with Crippen LogP contribution >= 0.6 is 11.6 Å². The molecule has 1 N–H and O–H groups in total. The van der Waals surface area contributed by atoms with Crippen molar-refractivity contribution in [3.8, 4) is 11.3 Å². The summed E-state index contributed by atoms with van der Waals surface area (Å²) < 4.78 is 5.41. The number of rotatable bonds is 10. The van der Waals surface area contributed by atoms with E-state index in [1.807, 2.05) is 36.0 Å². The van der Waals surface area contributed by atoms with Crippen LogP contribution in [0.5, 0.6) is 0 Å². The number of ether oxygens (including phenoxy) is 1. The normalized spacial score (nSPS) is 16.7. The van der Waals surface area contributed by atoms with E-state index in [1.54, 1.807) is 12.3 Å². The predicted molar refractivity (Wildman–Crippen MR) is 141 cm³/mol. The van der Waals surface area contributed by atoms with E-state index in [0.29, 0.717) is 34.7 Å². The Balaban J connectivity index is 1.45.